The number of para-hydroxylation sites is 1. The molecule has 0 saturated carbocycles. The maximum atomic E-state index is 12.3. The first kappa shape index (κ1) is 20.5. The molecule has 0 aliphatic carbocycles. The van der Waals surface area contributed by atoms with Gasteiger partial charge in [-0.25, -0.2) is 4.79 Å². The van der Waals surface area contributed by atoms with Crippen molar-refractivity contribution in [3.63, 3.8) is 0 Å². The Hall–Kier alpha value is -4.20. The molecule has 0 spiro atoms. The number of nitrogens with zero attached hydrogens (tertiary/aromatic N) is 1. The summed E-state index contributed by atoms with van der Waals surface area (Å²) in [6.07, 6.45) is 0. The van der Waals surface area contributed by atoms with E-state index in [1.807, 2.05) is 25.1 Å². The van der Waals surface area contributed by atoms with E-state index in [-0.39, 0.29) is 23.8 Å². The number of urea groups is 1. The first-order valence-corrected chi connectivity index (χ1v) is 9.17. The molecule has 3 aromatic rings. The van der Waals surface area contributed by atoms with Gasteiger partial charge in [-0.15, -0.1) is 0 Å². The summed E-state index contributed by atoms with van der Waals surface area (Å²) in [5.74, 6) is -0.544. The Morgan fingerprint density at radius 3 is 2.27 bits per heavy atom. The lowest BCUT2D eigenvalue weighted by Gasteiger charge is -2.10. The van der Waals surface area contributed by atoms with Crippen LogP contribution in [0.3, 0.4) is 0 Å². The van der Waals surface area contributed by atoms with Crippen molar-refractivity contribution < 1.29 is 14.5 Å². The van der Waals surface area contributed by atoms with Gasteiger partial charge in [-0.1, -0.05) is 36.4 Å². The zero-order chi connectivity index (χ0) is 21.5. The van der Waals surface area contributed by atoms with E-state index in [9.17, 15) is 19.7 Å². The molecule has 30 heavy (non-hydrogen) atoms. The highest BCUT2D eigenvalue weighted by Crippen LogP contribution is 2.18. The topological polar surface area (TPSA) is 113 Å². The fourth-order valence-electron chi connectivity index (χ4n) is 2.88. The van der Waals surface area contributed by atoms with Crippen molar-refractivity contribution in [1.29, 1.82) is 0 Å². The molecule has 3 amide bonds. The Bertz CT molecular complexity index is 1100. The van der Waals surface area contributed by atoms with Gasteiger partial charge in [0.05, 0.1) is 4.92 Å². The van der Waals surface area contributed by atoms with Crippen LogP contribution in [0.25, 0.3) is 0 Å². The molecule has 0 aliphatic heterocycles. The quantitative estimate of drug-likeness (QED) is 0.415. The van der Waals surface area contributed by atoms with Crippen LogP contribution < -0.4 is 16.0 Å². The van der Waals surface area contributed by atoms with Crippen molar-refractivity contribution in [1.82, 2.24) is 5.32 Å². The second-order valence-corrected chi connectivity index (χ2v) is 6.61. The number of carbonyl (C=O) groups excluding carboxylic acids is 2. The lowest BCUT2D eigenvalue weighted by Crippen LogP contribution is -2.24. The zero-order valence-electron chi connectivity index (χ0n) is 16.2. The number of hydrogen-bond donors (Lipinski definition) is 3. The molecule has 0 radical (unpaired) electrons. The first-order chi connectivity index (χ1) is 14.4. The average Bonchev–Trinajstić information content (AvgIpc) is 2.72. The molecular formula is C22H20N4O4. The predicted octanol–water partition coefficient (Wildman–Crippen LogP) is 4.48. The van der Waals surface area contributed by atoms with Gasteiger partial charge >= 0.3 is 6.03 Å². The number of anilines is 2. The van der Waals surface area contributed by atoms with Crippen LogP contribution in [0.15, 0.2) is 72.8 Å². The molecule has 3 N–H and O–H groups in total. The second kappa shape index (κ2) is 9.33. The third kappa shape index (κ3) is 5.41. The Labute approximate surface area is 173 Å². The molecule has 0 atom stereocenters. The number of rotatable bonds is 6. The van der Waals surface area contributed by atoms with E-state index in [0.29, 0.717) is 11.4 Å². The van der Waals surface area contributed by atoms with Gasteiger partial charge < -0.3 is 16.0 Å². The number of aryl methyl sites for hydroxylation is 1. The number of nitro benzene ring substituents is 1. The van der Waals surface area contributed by atoms with Gasteiger partial charge in [-0.3, -0.25) is 14.9 Å². The van der Waals surface area contributed by atoms with Crippen LogP contribution in [0, 0.1) is 17.0 Å². The van der Waals surface area contributed by atoms with Crippen molar-refractivity contribution in [2.24, 2.45) is 0 Å². The second-order valence-electron chi connectivity index (χ2n) is 6.61. The van der Waals surface area contributed by atoms with Gasteiger partial charge in [0, 0.05) is 24.0 Å². The molecule has 3 rings (SSSR count). The lowest BCUT2D eigenvalue weighted by molar-refractivity contribution is -0.385. The fraction of sp³-hybridized carbons (Fsp3) is 0.0909. The third-order valence-electron chi connectivity index (χ3n) is 4.26. The molecule has 0 aromatic heterocycles. The first-order valence-electron chi connectivity index (χ1n) is 9.17. The number of benzene rings is 3. The highest BCUT2D eigenvalue weighted by molar-refractivity contribution is 6.00. The average molecular weight is 404 g/mol. The molecule has 0 unspecified atom stereocenters. The summed E-state index contributed by atoms with van der Waals surface area (Å²) in [4.78, 5) is 35.0. The summed E-state index contributed by atoms with van der Waals surface area (Å²) in [5, 5.41) is 19.2. The summed E-state index contributed by atoms with van der Waals surface area (Å²) in [5.41, 5.74) is 2.74. The molecule has 0 fully saturated rings. The van der Waals surface area contributed by atoms with Crippen LogP contribution in [0.4, 0.5) is 21.9 Å². The minimum Gasteiger partial charge on any atom is -0.348 e. The van der Waals surface area contributed by atoms with Gasteiger partial charge in [-0.2, -0.15) is 0 Å². The van der Waals surface area contributed by atoms with Crippen molar-refractivity contribution in [2.75, 3.05) is 10.6 Å². The van der Waals surface area contributed by atoms with E-state index in [1.165, 1.54) is 18.2 Å². The Morgan fingerprint density at radius 2 is 1.57 bits per heavy atom. The van der Waals surface area contributed by atoms with Crippen molar-refractivity contribution in [3.8, 4) is 0 Å². The largest absolute Gasteiger partial charge is 0.348 e. The maximum Gasteiger partial charge on any atom is 0.323 e. The van der Waals surface area contributed by atoms with Crippen LogP contribution in [0.2, 0.25) is 0 Å². The fourth-order valence-corrected chi connectivity index (χ4v) is 2.88. The van der Waals surface area contributed by atoms with E-state index >= 15 is 0 Å². The number of nitro groups is 1. The maximum absolute atomic E-state index is 12.3. The summed E-state index contributed by atoms with van der Waals surface area (Å²) < 4.78 is 0. The minimum atomic E-state index is -0.591. The van der Waals surface area contributed by atoms with Crippen molar-refractivity contribution >= 4 is 29.0 Å². The normalized spacial score (nSPS) is 10.2. The number of amides is 3. The van der Waals surface area contributed by atoms with Crippen LogP contribution >= 0.6 is 0 Å². The Balaban J connectivity index is 1.61. The van der Waals surface area contributed by atoms with Crippen molar-refractivity contribution in [3.05, 3.63) is 99.6 Å². The molecule has 3 aromatic carbocycles. The smallest absolute Gasteiger partial charge is 0.323 e. The summed E-state index contributed by atoms with van der Waals surface area (Å²) >= 11 is 0. The Morgan fingerprint density at radius 1 is 0.900 bits per heavy atom. The lowest BCUT2D eigenvalue weighted by atomic mass is 10.1. The van der Waals surface area contributed by atoms with Gasteiger partial charge in [0.1, 0.15) is 5.56 Å². The molecule has 152 valence electrons. The SMILES string of the molecule is Cc1cccc(NC(=O)Nc2cccc(CNC(=O)c3ccccc3[N+](=O)[O-])c2)c1. The van der Waals surface area contributed by atoms with Crippen LogP contribution in [0.1, 0.15) is 21.5 Å². The highest BCUT2D eigenvalue weighted by Gasteiger charge is 2.18. The summed E-state index contributed by atoms with van der Waals surface area (Å²) in [6.45, 7) is 2.09. The summed E-state index contributed by atoms with van der Waals surface area (Å²) in [6, 6.07) is 19.8. The van der Waals surface area contributed by atoms with Gasteiger partial charge in [0.2, 0.25) is 0 Å². The molecule has 0 bridgehead atoms. The Kier molecular flexibility index (Phi) is 6.39. The molecule has 8 nitrogen and oxygen atoms in total. The predicted molar refractivity (Wildman–Crippen MR) is 115 cm³/mol. The van der Waals surface area contributed by atoms with E-state index in [0.717, 1.165) is 11.1 Å². The van der Waals surface area contributed by atoms with Crippen molar-refractivity contribution in [2.45, 2.75) is 13.5 Å². The molecule has 0 saturated heterocycles. The standard InChI is InChI=1S/C22H20N4O4/c1-15-6-4-8-17(12-15)24-22(28)25-18-9-5-7-16(13-18)14-23-21(27)19-10-2-3-11-20(19)26(29)30/h2-13H,14H2,1H3,(H,23,27)(H2,24,25,28). The number of carbonyl (C=O) groups is 2. The molecule has 8 heteroatoms. The van der Waals surface area contributed by atoms with Crippen LogP contribution in [-0.2, 0) is 6.54 Å². The molecule has 0 heterocycles. The third-order valence-corrected chi connectivity index (χ3v) is 4.26. The van der Waals surface area contributed by atoms with E-state index in [2.05, 4.69) is 16.0 Å². The highest BCUT2D eigenvalue weighted by atomic mass is 16.6. The molecule has 0 aliphatic rings. The van der Waals surface area contributed by atoms with E-state index < -0.39 is 10.8 Å². The van der Waals surface area contributed by atoms with Gasteiger partial charge in [0.15, 0.2) is 0 Å². The van der Waals surface area contributed by atoms with E-state index in [1.54, 1.807) is 36.4 Å². The molecular weight excluding hydrogens is 384 g/mol. The van der Waals surface area contributed by atoms with E-state index in [4.69, 9.17) is 0 Å². The van der Waals surface area contributed by atoms with Gasteiger partial charge in [0.25, 0.3) is 11.6 Å². The number of hydrogen-bond acceptors (Lipinski definition) is 4. The zero-order valence-corrected chi connectivity index (χ0v) is 16.2. The summed E-state index contributed by atoms with van der Waals surface area (Å²) in [7, 11) is 0. The van der Waals surface area contributed by atoms with Gasteiger partial charge in [-0.05, 0) is 48.4 Å². The van der Waals surface area contributed by atoms with Crippen LogP contribution in [-0.4, -0.2) is 16.9 Å². The monoisotopic (exact) mass is 404 g/mol. The number of nitrogens with one attached hydrogen (secondary N) is 3. The van der Waals surface area contributed by atoms with Crippen LogP contribution in [0.5, 0.6) is 0 Å². The minimum absolute atomic E-state index is 0.00527.